The number of hydrogen-bond acceptors (Lipinski definition) is 5. The lowest BCUT2D eigenvalue weighted by molar-refractivity contribution is -0.153. The van der Waals surface area contributed by atoms with Gasteiger partial charge in [-0.05, 0) is 63.9 Å². The molecule has 0 atom stereocenters. The molecule has 2 aromatic rings. The first-order valence-electron chi connectivity index (χ1n) is 8.70. The van der Waals surface area contributed by atoms with Gasteiger partial charge in [-0.3, -0.25) is 9.59 Å². The molecule has 0 saturated heterocycles. The van der Waals surface area contributed by atoms with Gasteiger partial charge in [0.25, 0.3) is 0 Å². The van der Waals surface area contributed by atoms with Crippen LogP contribution in [0, 0.1) is 5.41 Å². The average molecular weight is 388 g/mol. The highest BCUT2D eigenvalue weighted by Gasteiger charge is 2.29. The fourth-order valence-electron chi connectivity index (χ4n) is 2.70. The maximum atomic E-state index is 12.7. The number of sulfone groups is 1. The van der Waals surface area contributed by atoms with Gasteiger partial charge in [-0.25, -0.2) is 8.42 Å². The summed E-state index contributed by atoms with van der Waals surface area (Å²) in [6, 6.07) is 12.4. The summed E-state index contributed by atoms with van der Waals surface area (Å²) < 4.78 is 30.6. The number of Topliss-reactive ketones (excluding diaryl/α,β-unsaturated/α-hetero) is 1. The van der Waals surface area contributed by atoms with E-state index in [0.717, 1.165) is 5.56 Å². The molecule has 0 aliphatic rings. The summed E-state index contributed by atoms with van der Waals surface area (Å²) in [5, 5.41) is 0. The van der Waals surface area contributed by atoms with E-state index in [2.05, 4.69) is 0 Å². The molecule has 0 aliphatic carbocycles. The Kier molecular flexibility index (Phi) is 6.21. The van der Waals surface area contributed by atoms with Crippen molar-refractivity contribution in [3.05, 3.63) is 59.7 Å². The van der Waals surface area contributed by atoms with Crippen LogP contribution in [0.1, 0.15) is 43.6 Å². The molecule has 0 heterocycles. The van der Waals surface area contributed by atoms with Gasteiger partial charge in [0.1, 0.15) is 0 Å². The molecule has 27 heavy (non-hydrogen) atoms. The van der Waals surface area contributed by atoms with Crippen molar-refractivity contribution in [1.82, 2.24) is 0 Å². The van der Waals surface area contributed by atoms with E-state index in [1.54, 1.807) is 32.9 Å². The van der Waals surface area contributed by atoms with Crippen LogP contribution in [0.2, 0.25) is 0 Å². The Hall–Kier alpha value is -2.47. The van der Waals surface area contributed by atoms with Crippen molar-refractivity contribution < 1.29 is 22.7 Å². The van der Waals surface area contributed by atoms with Crippen molar-refractivity contribution in [2.45, 2.75) is 43.9 Å². The summed E-state index contributed by atoms with van der Waals surface area (Å²) in [7, 11) is -3.67. The Morgan fingerprint density at radius 1 is 0.926 bits per heavy atom. The molecule has 0 bridgehead atoms. The van der Waals surface area contributed by atoms with Crippen molar-refractivity contribution in [1.29, 1.82) is 0 Å². The van der Waals surface area contributed by atoms with Crippen LogP contribution in [0.5, 0.6) is 0 Å². The van der Waals surface area contributed by atoms with Gasteiger partial charge < -0.3 is 4.74 Å². The minimum atomic E-state index is -3.67. The molecule has 0 radical (unpaired) electrons. The highest BCUT2D eigenvalue weighted by atomic mass is 32.2. The van der Waals surface area contributed by atoms with Crippen LogP contribution in [0.4, 0.5) is 0 Å². The van der Waals surface area contributed by atoms with Crippen LogP contribution in [0.25, 0.3) is 0 Å². The number of hydrogen-bond donors (Lipinski definition) is 0. The van der Waals surface area contributed by atoms with Gasteiger partial charge in [0, 0.05) is 5.56 Å². The first-order valence-corrected chi connectivity index (χ1v) is 10.2. The molecule has 0 saturated carbocycles. The zero-order valence-corrected chi connectivity index (χ0v) is 16.8. The van der Waals surface area contributed by atoms with Crippen LogP contribution < -0.4 is 0 Å². The molecule has 5 nitrogen and oxygen atoms in total. The molecule has 2 aromatic carbocycles. The van der Waals surface area contributed by atoms with E-state index in [1.165, 1.54) is 43.3 Å². The number of ether oxygens (including phenoxy) is 1. The molecular formula is C21H24O5S. The standard InChI is InChI=1S/C21H24O5S/c1-5-26-20(23)21(3,4)14-16-6-10-18(11-7-16)27(24,25)19-12-8-17(9-13-19)15(2)22/h6-13H,5,14H2,1-4H3. The molecule has 0 fully saturated rings. The second-order valence-corrected chi connectivity index (χ2v) is 8.96. The Bertz CT molecular complexity index is 924. The molecule has 0 amide bonds. The number of rotatable bonds is 7. The lowest BCUT2D eigenvalue weighted by Crippen LogP contribution is -2.29. The van der Waals surface area contributed by atoms with Crippen molar-refractivity contribution >= 4 is 21.6 Å². The lowest BCUT2D eigenvalue weighted by atomic mass is 9.86. The van der Waals surface area contributed by atoms with Gasteiger partial charge in [-0.1, -0.05) is 24.3 Å². The maximum absolute atomic E-state index is 12.7. The normalized spacial score (nSPS) is 11.9. The van der Waals surface area contributed by atoms with Gasteiger partial charge in [-0.2, -0.15) is 0 Å². The number of benzene rings is 2. The number of carbonyl (C=O) groups excluding carboxylic acids is 2. The minimum absolute atomic E-state index is 0.118. The van der Waals surface area contributed by atoms with Crippen molar-refractivity contribution in [2.24, 2.45) is 5.41 Å². The summed E-state index contributed by atoms with van der Waals surface area (Å²) in [4.78, 5) is 23.6. The highest BCUT2D eigenvalue weighted by Crippen LogP contribution is 2.26. The summed E-state index contributed by atoms with van der Waals surface area (Å²) in [6.07, 6.45) is 0.444. The SMILES string of the molecule is CCOC(=O)C(C)(C)Cc1ccc(S(=O)(=O)c2ccc(C(C)=O)cc2)cc1. The monoisotopic (exact) mass is 388 g/mol. The molecule has 6 heteroatoms. The van der Waals surface area contributed by atoms with E-state index in [4.69, 9.17) is 4.74 Å². The highest BCUT2D eigenvalue weighted by molar-refractivity contribution is 7.91. The molecule has 0 spiro atoms. The Labute approximate surface area is 160 Å². The van der Waals surface area contributed by atoms with E-state index in [-0.39, 0.29) is 21.5 Å². The molecule has 144 valence electrons. The van der Waals surface area contributed by atoms with Gasteiger partial charge in [-0.15, -0.1) is 0 Å². The second-order valence-electron chi connectivity index (χ2n) is 7.01. The summed E-state index contributed by atoms with van der Waals surface area (Å²) in [5.74, 6) is -0.403. The van der Waals surface area contributed by atoms with Crippen LogP contribution in [-0.4, -0.2) is 26.8 Å². The Morgan fingerprint density at radius 2 is 1.41 bits per heavy atom. The molecule has 0 aliphatic heterocycles. The number of esters is 1. The van der Waals surface area contributed by atoms with Crippen molar-refractivity contribution in [3.63, 3.8) is 0 Å². The third kappa shape index (κ3) is 4.83. The van der Waals surface area contributed by atoms with E-state index >= 15 is 0 Å². The maximum Gasteiger partial charge on any atom is 0.311 e. The van der Waals surface area contributed by atoms with Crippen molar-refractivity contribution in [2.75, 3.05) is 6.61 Å². The van der Waals surface area contributed by atoms with Crippen molar-refractivity contribution in [3.8, 4) is 0 Å². The predicted octanol–water partition coefficient (Wildman–Crippen LogP) is 3.85. The lowest BCUT2D eigenvalue weighted by Gasteiger charge is -2.22. The molecule has 0 N–H and O–H groups in total. The quantitative estimate of drug-likeness (QED) is 0.532. The van der Waals surface area contributed by atoms with Gasteiger partial charge in [0.15, 0.2) is 5.78 Å². The first-order chi connectivity index (χ1) is 12.6. The molecule has 0 unspecified atom stereocenters. The number of carbonyl (C=O) groups is 2. The van der Waals surface area contributed by atoms with Crippen LogP contribution in [0.3, 0.4) is 0 Å². The number of ketones is 1. The fraction of sp³-hybridized carbons (Fsp3) is 0.333. The van der Waals surface area contributed by atoms with E-state index in [1.807, 2.05) is 0 Å². The van der Waals surface area contributed by atoms with Gasteiger partial charge >= 0.3 is 5.97 Å². The first kappa shape index (κ1) is 20.8. The second kappa shape index (κ2) is 8.05. The van der Waals surface area contributed by atoms with Crippen LogP contribution in [0.15, 0.2) is 58.3 Å². The zero-order valence-electron chi connectivity index (χ0n) is 16.0. The molecule has 2 rings (SSSR count). The van der Waals surface area contributed by atoms with E-state index in [0.29, 0.717) is 18.6 Å². The topological polar surface area (TPSA) is 77.5 Å². The Morgan fingerprint density at radius 3 is 1.85 bits per heavy atom. The summed E-state index contributed by atoms with van der Waals surface area (Å²) >= 11 is 0. The fourth-order valence-corrected chi connectivity index (χ4v) is 3.96. The summed E-state index contributed by atoms with van der Waals surface area (Å²) in [6.45, 7) is 7.11. The summed E-state index contributed by atoms with van der Waals surface area (Å²) in [5.41, 5.74) is 0.614. The van der Waals surface area contributed by atoms with E-state index in [9.17, 15) is 18.0 Å². The average Bonchev–Trinajstić information content (AvgIpc) is 2.62. The predicted molar refractivity (Wildman–Crippen MR) is 102 cm³/mol. The smallest absolute Gasteiger partial charge is 0.311 e. The zero-order chi connectivity index (χ0) is 20.2. The van der Waals surface area contributed by atoms with Crippen LogP contribution >= 0.6 is 0 Å². The molecular weight excluding hydrogens is 364 g/mol. The van der Waals surface area contributed by atoms with Gasteiger partial charge in [0.05, 0.1) is 21.8 Å². The largest absolute Gasteiger partial charge is 0.466 e. The third-order valence-electron chi connectivity index (χ3n) is 4.28. The van der Waals surface area contributed by atoms with Gasteiger partial charge in [0.2, 0.25) is 9.84 Å². The Balaban J connectivity index is 2.23. The molecule has 0 aromatic heterocycles. The third-order valence-corrected chi connectivity index (χ3v) is 6.06. The van der Waals surface area contributed by atoms with Crippen LogP contribution in [-0.2, 0) is 25.8 Å². The minimum Gasteiger partial charge on any atom is -0.466 e. The van der Waals surface area contributed by atoms with E-state index < -0.39 is 15.3 Å².